The average Bonchev–Trinajstić information content (AvgIpc) is 3.19. The molecule has 6 heteroatoms. The summed E-state index contributed by atoms with van der Waals surface area (Å²) in [6.07, 6.45) is 2.53. The van der Waals surface area contributed by atoms with E-state index >= 15 is 0 Å². The van der Waals surface area contributed by atoms with E-state index in [1.807, 2.05) is 67.6 Å². The van der Waals surface area contributed by atoms with Crippen molar-refractivity contribution >= 4 is 28.7 Å². The van der Waals surface area contributed by atoms with Gasteiger partial charge in [-0.05, 0) is 42.3 Å². The molecule has 150 valence electrons. The van der Waals surface area contributed by atoms with E-state index in [2.05, 4.69) is 10.3 Å². The molecule has 1 N–H and O–H groups in total. The van der Waals surface area contributed by atoms with Gasteiger partial charge in [-0.2, -0.15) is 0 Å². The van der Waals surface area contributed by atoms with Crippen LogP contribution in [-0.2, 0) is 6.42 Å². The maximum Gasteiger partial charge on any atom is 0.292 e. The Morgan fingerprint density at radius 3 is 2.43 bits per heavy atom. The van der Waals surface area contributed by atoms with E-state index in [4.69, 9.17) is 0 Å². The number of nitrogens with zero attached hydrogens (tertiary/aromatic N) is 3. The number of rotatable bonds is 5. The predicted octanol–water partition coefficient (Wildman–Crippen LogP) is 4.43. The molecule has 0 aliphatic heterocycles. The first-order valence-corrected chi connectivity index (χ1v) is 9.79. The van der Waals surface area contributed by atoms with Crippen molar-refractivity contribution in [3.8, 4) is 0 Å². The Bertz CT molecular complexity index is 1210. The molecule has 0 atom stereocenters. The number of hydrogen-bond donors (Lipinski definition) is 1. The van der Waals surface area contributed by atoms with Crippen molar-refractivity contribution in [2.45, 2.75) is 13.3 Å². The van der Waals surface area contributed by atoms with E-state index in [-0.39, 0.29) is 23.3 Å². The third kappa shape index (κ3) is 3.55. The number of para-hydroxylation sites is 2. The van der Waals surface area contributed by atoms with E-state index in [0.717, 1.165) is 23.4 Å². The maximum atomic E-state index is 13.2. The second kappa shape index (κ2) is 8.21. The number of carbonyl (C=O) groups excluding carboxylic acids is 2. The van der Waals surface area contributed by atoms with Crippen LogP contribution >= 0.6 is 0 Å². The quantitative estimate of drug-likeness (QED) is 0.541. The van der Waals surface area contributed by atoms with Crippen LogP contribution in [0.5, 0.6) is 0 Å². The van der Waals surface area contributed by atoms with Gasteiger partial charge in [0.2, 0.25) is 5.82 Å². The van der Waals surface area contributed by atoms with Gasteiger partial charge in [0.15, 0.2) is 5.69 Å². The van der Waals surface area contributed by atoms with Gasteiger partial charge >= 0.3 is 0 Å². The Morgan fingerprint density at radius 1 is 0.967 bits per heavy atom. The number of anilines is 2. The molecular formula is C24H22N4O2. The zero-order valence-corrected chi connectivity index (χ0v) is 16.9. The third-order valence-electron chi connectivity index (χ3n) is 5.05. The smallest absolute Gasteiger partial charge is 0.292 e. The van der Waals surface area contributed by atoms with Crippen LogP contribution in [0.3, 0.4) is 0 Å². The molecule has 0 unspecified atom stereocenters. The van der Waals surface area contributed by atoms with Crippen LogP contribution in [-0.4, -0.2) is 28.2 Å². The van der Waals surface area contributed by atoms with E-state index in [9.17, 15) is 9.59 Å². The van der Waals surface area contributed by atoms with Gasteiger partial charge < -0.3 is 10.2 Å². The standard InChI is InChI=1S/C24H22N4O2/c1-3-17-11-7-8-14-19(17)25-23(29)22-26-21(20-15-9-10-16-28(20)22)24(30)27(2)18-12-5-4-6-13-18/h4-16H,3H2,1-2H3,(H,25,29). The molecule has 0 saturated heterocycles. The number of pyridine rings is 1. The summed E-state index contributed by atoms with van der Waals surface area (Å²) < 4.78 is 1.65. The van der Waals surface area contributed by atoms with Crippen molar-refractivity contribution in [1.82, 2.24) is 9.38 Å². The second-order valence-electron chi connectivity index (χ2n) is 6.90. The molecule has 0 aliphatic rings. The fourth-order valence-corrected chi connectivity index (χ4v) is 3.41. The first-order valence-electron chi connectivity index (χ1n) is 9.79. The fourth-order valence-electron chi connectivity index (χ4n) is 3.41. The molecule has 0 spiro atoms. The van der Waals surface area contributed by atoms with Gasteiger partial charge in [0.05, 0.1) is 5.52 Å². The summed E-state index contributed by atoms with van der Waals surface area (Å²) in [5, 5.41) is 2.94. The zero-order valence-electron chi connectivity index (χ0n) is 16.9. The number of benzene rings is 2. The van der Waals surface area contributed by atoms with Crippen molar-refractivity contribution in [2.75, 3.05) is 17.3 Å². The summed E-state index contributed by atoms with van der Waals surface area (Å²) in [5.41, 5.74) is 3.34. The monoisotopic (exact) mass is 398 g/mol. The summed E-state index contributed by atoms with van der Waals surface area (Å²) >= 11 is 0. The molecule has 2 aromatic carbocycles. The number of amides is 2. The first kappa shape index (κ1) is 19.4. The molecule has 0 aliphatic carbocycles. The average molecular weight is 398 g/mol. The van der Waals surface area contributed by atoms with Gasteiger partial charge in [-0.15, -0.1) is 0 Å². The van der Waals surface area contributed by atoms with Crippen molar-refractivity contribution < 1.29 is 9.59 Å². The highest BCUT2D eigenvalue weighted by molar-refractivity contribution is 6.11. The van der Waals surface area contributed by atoms with Crippen LogP contribution in [0.4, 0.5) is 11.4 Å². The Morgan fingerprint density at radius 2 is 1.67 bits per heavy atom. The van der Waals surface area contributed by atoms with Crippen LogP contribution in [0, 0.1) is 0 Å². The minimum atomic E-state index is -0.362. The SMILES string of the molecule is CCc1ccccc1NC(=O)c1nc(C(=O)N(C)c2ccccc2)c2ccccn12. The minimum absolute atomic E-state index is 0.168. The number of fused-ring (bicyclic) bond motifs is 1. The number of nitrogens with one attached hydrogen (secondary N) is 1. The summed E-state index contributed by atoms with van der Waals surface area (Å²) in [6.45, 7) is 2.03. The second-order valence-corrected chi connectivity index (χ2v) is 6.90. The highest BCUT2D eigenvalue weighted by Gasteiger charge is 2.24. The van der Waals surface area contributed by atoms with E-state index in [1.165, 1.54) is 4.90 Å². The number of hydrogen-bond acceptors (Lipinski definition) is 3. The molecule has 0 saturated carbocycles. The van der Waals surface area contributed by atoms with Gasteiger partial charge in [0.1, 0.15) is 0 Å². The molecular weight excluding hydrogens is 376 g/mol. The van der Waals surface area contributed by atoms with Crippen LogP contribution < -0.4 is 10.2 Å². The number of carbonyl (C=O) groups is 2. The number of aryl methyl sites for hydroxylation is 1. The molecule has 2 heterocycles. The topological polar surface area (TPSA) is 66.7 Å². The Kier molecular flexibility index (Phi) is 5.30. The van der Waals surface area contributed by atoms with Crippen molar-refractivity contribution in [1.29, 1.82) is 0 Å². The molecule has 0 radical (unpaired) electrons. The molecule has 4 rings (SSSR count). The van der Waals surface area contributed by atoms with E-state index in [1.54, 1.807) is 29.8 Å². The lowest BCUT2D eigenvalue weighted by molar-refractivity contribution is 0.0990. The number of aromatic nitrogens is 2. The van der Waals surface area contributed by atoms with Crippen LogP contribution in [0.15, 0.2) is 79.0 Å². The van der Waals surface area contributed by atoms with E-state index in [0.29, 0.717) is 5.52 Å². The largest absolute Gasteiger partial charge is 0.319 e. The minimum Gasteiger partial charge on any atom is -0.319 e. The zero-order chi connectivity index (χ0) is 21.1. The summed E-state index contributed by atoms with van der Waals surface area (Å²) in [4.78, 5) is 32.2. The predicted molar refractivity (Wildman–Crippen MR) is 118 cm³/mol. The molecule has 2 amide bonds. The highest BCUT2D eigenvalue weighted by Crippen LogP contribution is 2.21. The fraction of sp³-hybridized carbons (Fsp3) is 0.125. The highest BCUT2D eigenvalue weighted by atomic mass is 16.2. The Hall–Kier alpha value is -3.93. The van der Waals surface area contributed by atoms with Crippen LogP contribution in [0.1, 0.15) is 33.6 Å². The molecule has 0 bridgehead atoms. The van der Waals surface area contributed by atoms with Crippen LogP contribution in [0.25, 0.3) is 5.52 Å². The van der Waals surface area contributed by atoms with Gasteiger partial charge in [0.25, 0.3) is 11.8 Å². The molecule has 2 aromatic heterocycles. The van der Waals surface area contributed by atoms with Crippen molar-refractivity contribution in [3.63, 3.8) is 0 Å². The van der Waals surface area contributed by atoms with Gasteiger partial charge in [-0.3, -0.25) is 14.0 Å². The molecule has 6 nitrogen and oxygen atoms in total. The lowest BCUT2D eigenvalue weighted by Gasteiger charge is -2.16. The van der Waals surface area contributed by atoms with Gasteiger partial charge in [0, 0.05) is 24.6 Å². The Labute approximate surface area is 174 Å². The van der Waals surface area contributed by atoms with E-state index < -0.39 is 0 Å². The van der Waals surface area contributed by atoms with Crippen molar-refractivity contribution in [2.24, 2.45) is 0 Å². The molecule has 4 aromatic rings. The lowest BCUT2D eigenvalue weighted by atomic mass is 10.1. The maximum absolute atomic E-state index is 13.2. The molecule has 30 heavy (non-hydrogen) atoms. The van der Waals surface area contributed by atoms with Gasteiger partial charge in [-0.1, -0.05) is 49.4 Å². The summed E-state index contributed by atoms with van der Waals surface area (Å²) in [7, 11) is 1.70. The van der Waals surface area contributed by atoms with Crippen molar-refractivity contribution in [3.05, 3.63) is 96.1 Å². The first-order chi connectivity index (χ1) is 14.6. The lowest BCUT2D eigenvalue weighted by Crippen LogP contribution is -2.26. The normalized spacial score (nSPS) is 10.7. The number of imidazole rings is 1. The summed E-state index contributed by atoms with van der Waals surface area (Å²) in [5.74, 6) is -0.474. The Balaban J connectivity index is 1.72. The third-order valence-corrected chi connectivity index (χ3v) is 5.05. The van der Waals surface area contributed by atoms with Crippen LogP contribution in [0.2, 0.25) is 0 Å². The molecule has 0 fully saturated rings. The van der Waals surface area contributed by atoms with Gasteiger partial charge in [-0.25, -0.2) is 4.98 Å². The summed E-state index contributed by atoms with van der Waals surface area (Å²) in [6, 6.07) is 22.4.